The van der Waals surface area contributed by atoms with E-state index < -0.39 is 22.0 Å². The van der Waals surface area contributed by atoms with Crippen molar-refractivity contribution >= 4 is 59.2 Å². The number of hydrogen-bond acceptors (Lipinski definition) is 4. The Bertz CT molecular complexity index is 603. The standard InChI is InChI=1S/C9H7Br2NO4S2/c1-2-3-5(9(13)14)12-18(15,16)6-4-7(10)17-8(6)11/h1,4-5,12H,3H2,(H,13,14). The number of carboxylic acid groups (broad SMARTS) is 1. The Morgan fingerprint density at radius 2 is 2.22 bits per heavy atom. The Balaban J connectivity index is 3.05. The van der Waals surface area contributed by atoms with Crippen LogP contribution in [0.2, 0.25) is 0 Å². The van der Waals surface area contributed by atoms with Crippen LogP contribution in [0.25, 0.3) is 0 Å². The van der Waals surface area contributed by atoms with E-state index in [4.69, 9.17) is 11.5 Å². The largest absolute Gasteiger partial charge is 0.480 e. The molecular weight excluding hydrogens is 410 g/mol. The lowest BCUT2D eigenvalue weighted by Crippen LogP contribution is -2.40. The van der Waals surface area contributed by atoms with Crippen LogP contribution in [0.5, 0.6) is 0 Å². The van der Waals surface area contributed by atoms with Crippen LogP contribution < -0.4 is 4.72 Å². The molecule has 1 unspecified atom stereocenters. The maximum atomic E-state index is 12.0. The molecule has 2 N–H and O–H groups in total. The summed E-state index contributed by atoms with van der Waals surface area (Å²) in [7, 11) is -3.93. The van der Waals surface area contributed by atoms with Crippen molar-refractivity contribution < 1.29 is 18.3 Å². The summed E-state index contributed by atoms with van der Waals surface area (Å²) in [5.41, 5.74) is 0. The molecule has 0 fully saturated rings. The molecule has 0 saturated carbocycles. The summed E-state index contributed by atoms with van der Waals surface area (Å²) in [6.07, 6.45) is 4.77. The number of hydrogen-bond donors (Lipinski definition) is 2. The first kappa shape index (κ1) is 15.7. The molecule has 1 atom stereocenters. The number of aliphatic carboxylic acids is 1. The van der Waals surface area contributed by atoms with Gasteiger partial charge < -0.3 is 5.11 Å². The lowest BCUT2D eigenvalue weighted by atomic mass is 10.2. The Morgan fingerprint density at radius 1 is 1.61 bits per heavy atom. The lowest BCUT2D eigenvalue weighted by Gasteiger charge is -2.11. The van der Waals surface area contributed by atoms with Gasteiger partial charge in [0.25, 0.3) is 0 Å². The van der Waals surface area contributed by atoms with Crippen molar-refractivity contribution in [3.8, 4) is 12.3 Å². The van der Waals surface area contributed by atoms with Crippen LogP contribution in [0.1, 0.15) is 6.42 Å². The van der Waals surface area contributed by atoms with E-state index in [1.165, 1.54) is 17.4 Å². The molecular formula is C9H7Br2NO4S2. The number of carbonyl (C=O) groups is 1. The fourth-order valence-corrected chi connectivity index (χ4v) is 6.06. The molecule has 0 amide bonds. The summed E-state index contributed by atoms with van der Waals surface area (Å²) in [6.45, 7) is 0. The highest BCUT2D eigenvalue weighted by atomic mass is 79.9. The normalized spacial score (nSPS) is 12.9. The minimum absolute atomic E-state index is 0.0253. The highest BCUT2D eigenvalue weighted by molar-refractivity contribution is 9.12. The van der Waals surface area contributed by atoms with E-state index in [1.807, 2.05) is 0 Å². The Hall–Kier alpha value is -0.400. The third kappa shape index (κ3) is 3.80. The predicted molar refractivity (Wildman–Crippen MR) is 74.9 cm³/mol. The summed E-state index contributed by atoms with van der Waals surface area (Å²) in [4.78, 5) is 10.8. The van der Waals surface area contributed by atoms with E-state index in [-0.39, 0.29) is 11.3 Å². The number of thiophene rings is 1. The molecule has 9 heteroatoms. The molecule has 0 aliphatic heterocycles. The van der Waals surface area contributed by atoms with E-state index in [1.54, 1.807) is 0 Å². The zero-order chi connectivity index (χ0) is 13.9. The van der Waals surface area contributed by atoms with Crippen LogP contribution in [0.4, 0.5) is 0 Å². The van der Waals surface area contributed by atoms with Crippen LogP contribution >= 0.6 is 43.2 Å². The number of rotatable bonds is 5. The smallest absolute Gasteiger partial charge is 0.322 e. The predicted octanol–water partition coefficient (Wildman–Crippen LogP) is 2.03. The SMILES string of the molecule is C#CCC(NS(=O)(=O)c1cc(Br)sc1Br)C(=O)O. The van der Waals surface area contributed by atoms with Crippen molar-refractivity contribution in [2.24, 2.45) is 0 Å². The molecule has 98 valence electrons. The topological polar surface area (TPSA) is 83.5 Å². The van der Waals surface area contributed by atoms with E-state index >= 15 is 0 Å². The second kappa shape index (κ2) is 6.16. The zero-order valence-corrected chi connectivity index (χ0v) is 13.5. The highest BCUT2D eigenvalue weighted by Crippen LogP contribution is 2.34. The minimum Gasteiger partial charge on any atom is -0.480 e. The van der Waals surface area contributed by atoms with Crippen LogP contribution in [0.3, 0.4) is 0 Å². The second-order valence-corrected chi connectivity index (χ2v) is 8.54. The molecule has 0 bridgehead atoms. The van der Waals surface area contributed by atoms with Gasteiger partial charge in [-0.2, -0.15) is 4.72 Å². The van der Waals surface area contributed by atoms with E-state index in [0.717, 1.165) is 0 Å². The summed E-state index contributed by atoms with van der Waals surface area (Å²) in [5.74, 6) is 0.799. The molecule has 5 nitrogen and oxygen atoms in total. The molecule has 0 aliphatic rings. The van der Waals surface area contributed by atoms with Crippen LogP contribution in [0.15, 0.2) is 18.5 Å². The first-order valence-corrected chi connectivity index (χ1v) is 8.30. The van der Waals surface area contributed by atoms with Gasteiger partial charge >= 0.3 is 5.97 Å². The maximum Gasteiger partial charge on any atom is 0.322 e. The Kier molecular flexibility index (Phi) is 5.36. The third-order valence-corrected chi connectivity index (χ3v) is 6.06. The second-order valence-electron chi connectivity index (χ2n) is 3.11. The van der Waals surface area contributed by atoms with Crippen molar-refractivity contribution in [2.75, 3.05) is 0 Å². The summed E-state index contributed by atoms with van der Waals surface area (Å²) in [6, 6.07) is 0.0388. The van der Waals surface area contributed by atoms with Gasteiger partial charge in [0.2, 0.25) is 10.0 Å². The quantitative estimate of drug-likeness (QED) is 0.719. The highest BCUT2D eigenvalue weighted by Gasteiger charge is 2.27. The number of terminal acetylenes is 1. The number of sulfonamides is 1. The summed E-state index contributed by atoms with van der Waals surface area (Å²) >= 11 is 7.42. The Labute approximate surface area is 125 Å². The average molecular weight is 417 g/mol. The van der Waals surface area contributed by atoms with Gasteiger partial charge in [-0.25, -0.2) is 8.42 Å². The molecule has 0 saturated heterocycles. The van der Waals surface area contributed by atoms with Gasteiger partial charge in [-0.15, -0.1) is 23.7 Å². The molecule has 1 rings (SSSR count). The van der Waals surface area contributed by atoms with E-state index in [0.29, 0.717) is 7.57 Å². The maximum absolute atomic E-state index is 12.0. The molecule has 0 aromatic carbocycles. The first-order valence-electron chi connectivity index (χ1n) is 4.41. The number of halogens is 2. The van der Waals surface area contributed by atoms with Crippen LogP contribution in [-0.2, 0) is 14.8 Å². The van der Waals surface area contributed by atoms with Crippen molar-refractivity contribution in [2.45, 2.75) is 17.4 Å². The third-order valence-electron chi connectivity index (χ3n) is 1.83. The molecule has 0 radical (unpaired) electrons. The first-order chi connectivity index (χ1) is 8.27. The zero-order valence-electron chi connectivity index (χ0n) is 8.68. The summed E-state index contributed by atoms with van der Waals surface area (Å²) in [5, 5.41) is 8.85. The van der Waals surface area contributed by atoms with Crippen LogP contribution in [-0.4, -0.2) is 25.5 Å². The van der Waals surface area contributed by atoms with Gasteiger partial charge in [0.05, 0.1) is 7.57 Å². The van der Waals surface area contributed by atoms with E-state index in [2.05, 4.69) is 42.5 Å². The Morgan fingerprint density at radius 3 is 2.61 bits per heavy atom. The lowest BCUT2D eigenvalue weighted by molar-refractivity contribution is -0.138. The fourth-order valence-electron chi connectivity index (χ4n) is 1.06. The van der Waals surface area contributed by atoms with Gasteiger partial charge in [0, 0.05) is 6.42 Å². The van der Waals surface area contributed by atoms with Crippen molar-refractivity contribution in [3.63, 3.8) is 0 Å². The average Bonchev–Trinajstić information content (AvgIpc) is 2.57. The minimum atomic E-state index is -3.93. The monoisotopic (exact) mass is 415 g/mol. The fraction of sp³-hybridized carbons (Fsp3) is 0.222. The summed E-state index contributed by atoms with van der Waals surface area (Å²) < 4.78 is 27.0. The van der Waals surface area contributed by atoms with Gasteiger partial charge in [0.1, 0.15) is 10.9 Å². The molecule has 0 spiro atoms. The molecule has 1 aromatic rings. The molecule has 1 aromatic heterocycles. The number of nitrogens with one attached hydrogen (secondary N) is 1. The molecule has 1 heterocycles. The van der Waals surface area contributed by atoms with Gasteiger partial charge in [-0.3, -0.25) is 4.79 Å². The van der Waals surface area contributed by atoms with Crippen molar-refractivity contribution in [3.05, 3.63) is 13.6 Å². The van der Waals surface area contributed by atoms with Gasteiger partial charge in [0.15, 0.2) is 0 Å². The van der Waals surface area contributed by atoms with E-state index in [9.17, 15) is 13.2 Å². The van der Waals surface area contributed by atoms with Crippen molar-refractivity contribution in [1.29, 1.82) is 0 Å². The van der Waals surface area contributed by atoms with Crippen molar-refractivity contribution in [1.82, 2.24) is 4.72 Å². The molecule has 0 aliphatic carbocycles. The number of carboxylic acids is 1. The van der Waals surface area contributed by atoms with Crippen LogP contribution in [0, 0.1) is 12.3 Å². The van der Waals surface area contributed by atoms with Gasteiger partial charge in [-0.1, -0.05) is 0 Å². The molecule has 18 heavy (non-hydrogen) atoms. The van der Waals surface area contributed by atoms with Gasteiger partial charge in [-0.05, 0) is 37.9 Å².